The maximum absolute atomic E-state index is 13.7. The molecule has 16 heteroatoms. The van der Waals surface area contributed by atoms with E-state index >= 15 is 0 Å². The Balaban J connectivity index is 1.73. The number of esters is 2. The second-order valence-electron chi connectivity index (χ2n) is 8.34. The SMILES string of the molecule is O=C(OCC12CC3CC(C1)CC(OC(=O)C(F)(F)S(=O)(=O)O)(C3)C2)C(F)(F)SOOO. The van der Waals surface area contributed by atoms with E-state index in [2.05, 4.69) is 9.37 Å². The standard InChI is InChI=1S/C15H18F4O10S2/c16-14(17,30-29-28-22)10(20)26-7-12-2-8-1-9(3-12)5-13(4-8,6-12)27-11(21)15(18,19)31(23,24)25/h8-9,22H,1-7H2,(H,23,24,25). The van der Waals surface area contributed by atoms with Gasteiger partial charge in [-0.2, -0.15) is 26.0 Å². The number of halogens is 4. The minimum Gasteiger partial charge on any atom is -0.460 e. The topological polar surface area (TPSA) is 146 Å². The zero-order chi connectivity index (χ0) is 23.3. The highest BCUT2D eigenvalue weighted by atomic mass is 32.2. The van der Waals surface area contributed by atoms with Crippen molar-refractivity contribution in [1.82, 2.24) is 0 Å². The molecule has 10 nitrogen and oxygen atoms in total. The van der Waals surface area contributed by atoms with Gasteiger partial charge in [0, 0.05) is 5.41 Å². The van der Waals surface area contributed by atoms with E-state index < -0.39 is 62.2 Å². The molecule has 4 aliphatic carbocycles. The molecule has 2 atom stereocenters. The third-order valence-electron chi connectivity index (χ3n) is 5.92. The van der Waals surface area contributed by atoms with E-state index in [1.54, 1.807) is 0 Å². The molecule has 0 aromatic rings. The lowest BCUT2D eigenvalue weighted by molar-refractivity contribution is -0.433. The van der Waals surface area contributed by atoms with Crippen LogP contribution < -0.4 is 0 Å². The lowest BCUT2D eigenvalue weighted by Gasteiger charge is -2.60. The normalized spacial score (nSPS) is 32.7. The Labute approximate surface area is 177 Å². The summed E-state index contributed by atoms with van der Waals surface area (Å²) in [5.74, 6) is -4.70. The molecule has 4 saturated carbocycles. The Hall–Kier alpha value is -1.20. The largest absolute Gasteiger partial charge is 0.465 e. The summed E-state index contributed by atoms with van der Waals surface area (Å²) in [6.07, 6.45) is 1.67. The van der Waals surface area contributed by atoms with Crippen molar-refractivity contribution in [3.8, 4) is 0 Å². The van der Waals surface area contributed by atoms with Gasteiger partial charge in [-0.25, -0.2) is 14.8 Å². The summed E-state index contributed by atoms with van der Waals surface area (Å²) >= 11 is -0.797. The first-order valence-corrected chi connectivity index (χ1v) is 11.1. The van der Waals surface area contributed by atoms with Crippen LogP contribution in [0.4, 0.5) is 17.6 Å². The average Bonchev–Trinajstić information content (AvgIpc) is 2.62. The summed E-state index contributed by atoms with van der Waals surface area (Å²) in [6, 6.07) is 0. The highest BCUT2D eigenvalue weighted by Gasteiger charge is 2.63. The first-order valence-electron chi connectivity index (χ1n) is 8.93. The van der Waals surface area contributed by atoms with E-state index in [0.717, 1.165) is 0 Å². The fourth-order valence-corrected chi connectivity index (χ4v) is 5.90. The van der Waals surface area contributed by atoms with Gasteiger partial charge in [0.25, 0.3) is 0 Å². The number of carbonyl (C=O) groups excluding carboxylic acids is 2. The molecule has 2 N–H and O–H groups in total. The Bertz CT molecular complexity index is 835. The molecule has 0 heterocycles. The molecule has 0 spiro atoms. The number of hydrogen-bond donors (Lipinski definition) is 2. The zero-order valence-electron chi connectivity index (χ0n) is 15.6. The Morgan fingerprint density at radius 2 is 1.65 bits per heavy atom. The Kier molecular flexibility index (Phi) is 6.30. The number of alkyl halides is 4. The second kappa shape index (κ2) is 7.98. The van der Waals surface area contributed by atoms with Crippen LogP contribution in [0.2, 0.25) is 0 Å². The van der Waals surface area contributed by atoms with Crippen LogP contribution in [0, 0.1) is 17.3 Å². The van der Waals surface area contributed by atoms with Gasteiger partial charge in [-0.05, 0) is 50.4 Å². The van der Waals surface area contributed by atoms with E-state index in [1.807, 2.05) is 0 Å². The van der Waals surface area contributed by atoms with Crippen LogP contribution >= 0.6 is 12.0 Å². The number of hydrogen-bond acceptors (Lipinski definition) is 10. The van der Waals surface area contributed by atoms with Gasteiger partial charge < -0.3 is 9.47 Å². The van der Waals surface area contributed by atoms with Crippen molar-refractivity contribution in [2.45, 2.75) is 54.6 Å². The van der Waals surface area contributed by atoms with Gasteiger partial charge in [0.05, 0.1) is 6.61 Å². The molecule has 4 fully saturated rings. The Morgan fingerprint density at radius 3 is 2.16 bits per heavy atom. The average molecular weight is 498 g/mol. The van der Waals surface area contributed by atoms with Crippen molar-refractivity contribution in [2.75, 3.05) is 6.61 Å². The fraction of sp³-hybridized carbons (Fsp3) is 0.867. The quantitative estimate of drug-likeness (QED) is 0.121. The predicted octanol–water partition coefficient (Wildman–Crippen LogP) is 2.55. The van der Waals surface area contributed by atoms with E-state index in [1.165, 1.54) is 0 Å². The van der Waals surface area contributed by atoms with Gasteiger partial charge in [0.1, 0.15) is 17.6 Å². The summed E-state index contributed by atoms with van der Waals surface area (Å²) in [5, 5.41) is 1.56. The van der Waals surface area contributed by atoms with Gasteiger partial charge >= 0.3 is 32.6 Å². The molecule has 2 unspecified atom stereocenters. The van der Waals surface area contributed by atoms with Crippen molar-refractivity contribution in [1.29, 1.82) is 0 Å². The molecule has 4 bridgehead atoms. The van der Waals surface area contributed by atoms with Crippen molar-refractivity contribution in [2.24, 2.45) is 17.3 Å². The van der Waals surface area contributed by atoms with E-state index in [4.69, 9.17) is 19.3 Å². The third-order valence-corrected chi connectivity index (χ3v) is 7.24. The molecular weight excluding hydrogens is 480 g/mol. The molecule has 0 radical (unpaired) electrons. The van der Waals surface area contributed by atoms with Gasteiger partial charge in [0.2, 0.25) is 0 Å². The molecule has 0 saturated heterocycles. The number of carbonyl (C=O) groups is 2. The van der Waals surface area contributed by atoms with Gasteiger partial charge in [0.15, 0.2) is 0 Å². The smallest absolute Gasteiger partial charge is 0.460 e. The van der Waals surface area contributed by atoms with E-state index in [9.17, 15) is 35.6 Å². The predicted molar refractivity (Wildman–Crippen MR) is 90.7 cm³/mol. The van der Waals surface area contributed by atoms with Crippen LogP contribution in [0.25, 0.3) is 0 Å². The van der Waals surface area contributed by atoms with Crippen molar-refractivity contribution in [3.63, 3.8) is 0 Å². The molecule has 0 aliphatic heterocycles. The van der Waals surface area contributed by atoms with Crippen molar-refractivity contribution >= 4 is 34.1 Å². The second-order valence-corrected chi connectivity index (χ2v) is 10.6. The lowest BCUT2D eigenvalue weighted by Crippen LogP contribution is -2.60. The van der Waals surface area contributed by atoms with Crippen LogP contribution in [-0.2, 0) is 38.6 Å². The third kappa shape index (κ3) is 4.78. The fourth-order valence-electron chi connectivity index (χ4n) is 5.41. The van der Waals surface area contributed by atoms with Crippen LogP contribution in [0.15, 0.2) is 0 Å². The Morgan fingerprint density at radius 1 is 1.06 bits per heavy atom. The van der Waals surface area contributed by atoms with Crippen LogP contribution in [-0.4, -0.2) is 52.9 Å². The lowest BCUT2D eigenvalue weighted by atomic mass is 9.48. The zero-order valence-corrected chi connectivity index (χ0v) is 17.2. The van der Waals surface area contributed by atoms with E-state index in [0.29, 0.717) is 19.3 Å². The molecule has 4 rings (SSSR count). The molecule has 31 heavy (non-hydrogen) atoms. The maximum atomic E-state index is 13.7. The maximum Gasteiger partial charge on any atom is 0.465 e. The monoisotopic (exact) mass is 498 g/mol. The number of rotatable bonds is 9. The van der Waals surface area contributed by atoms with Crippen LogP contribution in [0.3, 0.4) is 0 Å². The minimum absolute atomic E-state index is 0.109. The summed E-state index contributed by atoms with van der Waals surface area (Å²) in [6.45, 7) is -0.525. The first kappa shape index (κ1) is 24.4. The molecule has 0 aromatic carbocycles. The minimum atomic E-state index is -6.05. The van der Waals surface area contributed by atoms with Gasteiger partial charge in [-0.15, -0.1) is 4.33 Å². The van der Waals surface area contributed by atoms with Crippen LogP contribution in [0.1, 0.15) is 38.5 Å². The summed E-state index contributed by atoms with van der Waals surface area (Å²) in [5.41, 5.74) is -2.44. The van der Waals surface area contributed by atoms with E-state index in [-0.39, 0.29) is 31.1 Å². The molecular formula is C15H18F4O10S2. The molecule has 178 valence electrons. The highest BCUT2D eigenvalue weighted by Crippen LogP contribution is 2.63. The van der Waals surface area contributed by atoms with Gasteiger partial charge in [-0.3, -0.25) is 4.55 Å². The summed E-state index contributed by atoms with van der Waals surface area (Å²) in [7, 11) is -6.05. The summed E-state index contributed by atoms with van der Waals surface area (Å²) < 4.78 is 98.0. The van der Waals surface area contributed by atoms with Crippen molar-refractivity contribution in [3.05, 3.63) is 0 Å². The van der Waals surface area contributed by atoms with Crippen molar-refractivity contribution < 1.29 is 64.2 Å². The van der Waals surface area contributed by atoms with Crippen LogP contribution in [0.5, 0.6) is 0 Å². The van der Waals surface area contributed by atoms with Gasteiger partial charge in [-0.1, -0.05) is 5.04 Å². The molecule has 0 amide bonds. The summed E-state index contributed by atoms with van der Waals surface area (Å²) in [4.78, 5) is 23.5. The highest BCUT2D eigenvalue weighted by molar-refractivity contribution is 7.96. The molecule has 4 aliphatic rings. The first-order chi connectivity index (χ1) is 14.1. The number of ether oxygens (including phenoxy) is 2. The molecule has 0 aromatic heterocycles.